The summed E-state index contributed by atoms with van der Waals surface area (Å²) >= 11 is 6.55. The number of aromatic nitrogens is 5. The Hall–Kier alpha value is -5.76. The number of halogens is 1. The van der Waals surface area contributed by atoms with E-state index in [9.17, 15) is 19.2 Å². The molecule has 2 aromatic carbocycles. The van der Waals surface area contributed by atoms with Crippen molar-refractivity contribution in [2.75, 3.05) is 30.9 Å². The van der Waals surface area contributed by atoms with Crippen molar-refractivity contribution in [3.63, 3.8) is 0 Å². The number of amides is 3. The molecule has 0 spiro atoms. The third kappa shape index (κ3) is 6.68. The van der Waals surface area contributed by atoms with Gasteiger partial charge < -0.3 is 24.8 Å². The summed E-state index contributed by atoms with van der Waals surface area (Å²) in [5, 5.41) is 14.9. The zero-order chi connectivity index (χ0) is 36.7. The van der Waals surface area contributed by atoms with E-state index in [0.717, 1.165) is 41.1 Å². The molecule has 1 fully saturated rings. The van der Waals surface area contributed by atoms with Crippen LogP contribution in [0.15, 0.2) is 59.5 Å². The highest BCUT2D eigenvalue weighted by Gasteiger charge is 2.32. The normalized spacial score (nSPS) is 17.5. The van der Waals surface area contributed by atoms with Crippen LogP contribution in [0.2, 0.25) is 5.02 Å². The second-order valence-corrected chi connectivity index (χ2v) is 13.5. The van der Waals surface area contributed by atoms with E-state index >= 15 is 0 Å². The first-order valence-electron chi connectivity index (χ1n) is 17.0. The van der Waals surface area contributed by atoms with Gasteiger partial charge in [0, 0.05) is 57.1 Å². The molecular formula is C37H38ClN9O5. The molecule has 4 heterocycles. The minimum Gasteiger partial charge on any atom is -0.478 e. The summed E-state index contributed by atoms with van der Waals surface area (Å²) in [6.07, 6.45) is 7.13. The van der Waals surface area contributed by atoms with Gasteiger partial charge in [0.2, 0.25) is 17.8 Å². The van der Waals surface area contributed by atoms with Crippen LogP contribution < -0.4 is 31.1 Å². The molecule has 3 amide bonds. The topological polar surface area (TPSA) is 165 Å². The van der Waals surface area contributed by atoms with Crippen LogP contribution in [0, 0.1) is 0 Å². The first-order chi connectivity index (χ1) is 25.0. The fraction of sp³-hybridized carbons (Fsp3) is 0.324. The SMILES string of the molecule is CNC(=O)COc1cc2cc(Nc3nc(N(C)C4CC=C(c5ccc6c(C7CCC(=O)NC7=O)nn(C)c6c5)CC4)ncc3Cl)ccc2n(C)c1=O. The van der Waals surface area contributed by atoms with Gasteiger partial charge in [-0.1, -0.05) is 29.8 Å². The van der Waals surface area contributed by atoms with Crippen molar-refractivity contribution in [1.82, 2.24) is 34.9 Å². The number of carbonyl (C=O) groups is 3. The summed E-state index contributed by atoms with van der Waals surface area (Å²) in [4.78, 5) is 60.1. The van der Waals surface area contributed by atoms with E-state index in [1.165, 1.54) is 17.2 Å². The van der Waals surface area contributed by atoms with Gasteiger partial charge in [-0.15, -0.1) is 0 Å². The summed E-state index contributed by atoms with van der Waals surface area (Å²) in [7, 11) is 7.01. The monoisotopic (exact) mass is 723 g/mol. The Bertz CT molecular complexity index is 2350. The van der Waals surface area contributed by atoms with E-state index < -0.39 is 5.92 Å². The summed E-state index contributed by atoms with van der Waals surface area (Å²) in [6, 6.07) is 13.5. The number of piperidine rings is 1. The Morgan fingerprint density at radius 3 is 2.65 bits per heavy atom. The van der Waals surface area contributed by atoms with Crippen molar-refractivity contribution in [2.24, 2.45) is 14.1 Å². The minimum atomic E-state index is -0.442. The number of rotatable bonds is 9. The van der Waals surface area contributed by atoms with Gasteiger partial charge in [-0.25, -0.2) is 4.98 Å². The Kier molecular flexibility index (Phi) is 9.40. The van der Waals surface area contributed by atoms with Gasteiger partial charge in [-0.05, 0) is 67.2 Å². The maximum Gasteiger partial charge on any atom is 0.293 e. The van der Waals surface area contributed by atoms with Crippen molar-refractivity contribution in [3.05, 3.63) is 81.4 Å². The molecule has 5 aromatic rings. The molecule has 3 N–H and O–H groups in total. The first kappa shape index (κ1) is 34.7. The number of nitrogens with zero attached hydrogens (tertiary/aromatic N) is 6. The van der Waals surface area contributed by atoms with Gasteiger partial charge in [0.15, 0.2) is 18.2 Å². The summed E-state index contributed by atoms with van der Waals surface area (Å²) in [6.45, 7) is -0.268. The quantitative estimate of drug-likeness (QED) is 0.187. The van der Waals surface area contributed by atoms with Crippen LogP contribution in [0.25, 0.3) is 27.4 Å². The number of pyridine rings is 1. The van der Waals surface area contributed by atoms with E-state index in [1.54, 1.807) is 19.3 Å². The fourth-order valence-electron chi connectivity index (χ4n) is 6.90. The van der Waals surface area contributed by atoms with E-state index in [-0.39, 0.29) is 41.7 Å². The number of nitrogens with one attached hydrogen (secondary N) is 3. The third-order valence-corrected chi connectivity index (χ3v) is 10.2. The lowest BCUT2D eigenvalue weighted by Crippen LogP contribution is -2.39. The predicted molar refractivity (Wildman–Crippen MR) is 199 cm³/mol. The van der Waals surface area contributed by atoms with Crippen molar-refractivity contribution >= 4 is 74.2 Å². The number of likely N-dealkylation sites (N-methyl/N-ethyl adjacent to an activating group) is 1. The predicted octanol–water partition coefficient (Wildman–Crippen LogP) is 4.33. The Balaban J connectivity index is 1.06. The largest absolute Gasteiger partial charge is 0.478 e. The van der Waals surface area contributed by atoms with Crippen LogP contribution in [0.5, 0.6) is 5.75 Å². The molecule has 7 rings (SSSR count). The minimum absolute atomic E-state index is 0.0702. The lowest BCUT2D eigenvalue weighted by Gasteiger charge is -2.31. The molecule has 268 valence electrons. The number of imide groups is 1. The molecule has 2 unspecified atom stereocenters. The molecular weight excluding hydrogens is 686 g/mol. The molecule has 0 saturated carbocycles. The van der Waals surface area contributed by atoms with E-state index in [0.29, 0.717) is 46.5 Å². The van der Waals surface area contributed by atoms with Gasteiger partial charge >= 0.3 is 0 Å². The number of anilines is 3. The average Bonchev–Trinajstić information content (AvgIpc) is 3.47. The van der Waals surface area contributed by atoms with Crippen molar-refractivity contribution < 1.29 is 19.1 Å². The van der Waals surface area contributed by atoms with Crippen LogP contribution in [0.1, 0.15) is 49.3 Å². The maximum absolute atomic E-state index is 12.8. The number of carbonyl (C=O) groups excluding carboxylic acids is 3. The van der Waals surface area contributed by atoms with Gasteiger partial charge in [-0.3, -0.25) is 29.2 Å². The Morgan fingerprint density at radius 2 is 1.90 bits per heavy atom. The van der Waals surface area contributed by atoms with Crippen molar-refractivity contribution in [2.45, 2.75) is 44.1 Å². The molecule has 0 radical (unpaired) electrons. The van der Waals surface area contributed by atoms with Gasteiger partial charge in [-0.2, -0.15) is 10.1 Å². The van der Waals surface area contributed by atoms with Crippen molar-refractivity contribution in [1.29, 1.82) is 0 Å². The fourth-order valence-corrected chi connectivity index (χ4v) is 7.03. The molecule has 1 saturated heterocycles. The molecule has 14 nitrogen and oxygen atoms in total. The second-order valence-electron chi connectivity index (χ2n) is 13.1. The van der Waals surface area contributed by atoms with Gasteiger partial charge in [0.25, 0.3) is 11.5 Å². The van der Waals surface area contributed by atoms with Crippen LogP contribution in [-0.4, -0.2) is 68.8 Å². The van der Waals surface area contributed by atoms with Crippen LogP contribution in [0.4, 0.5) is 17.5 Å². The van der Waals surface area contributed by atoms with Crippen LogP contribution >= 0.6 is 11.6 Å². The maximum atomic E-state index is 12.8. The number of hydrogen-bond acceptors (Lipinski definition) is 10. The number of ether oxygens (including phenoxy) is 1. The molecule has 3 aromatic heterocycles. The lowest BCUT2D eigenvalue weighted by atomic mass is 9.89. The van der Waals surface area contributed by atoms with E-state index in [4.69, 9.17) is 21.3 Å². The molecule has 2 aliphatic rings. The zero-order valence-electron chi connectivity index (χ0n) is 29.2. The molecule has 2 atom stereocenters. The Labute approximate surface area is 303 Å². The van der Waals surface area contributed by atoms with Crippen molar-refractivity contribution in [3.8, 4) is 5.75 Å². The number of benzene rings is 2. The summed E-state index contributed by atoms with van der Waals surface area (Å²) in [5.41, 5.74) is 5.04. The number of fused-ring (bicyclic) bond motifs is 2. The van der Waals surface area contributed by atoms with Crippen LogP contribution in [0.3, 0.4) is 0 Å². The highest BCUT2D eigenvalue weighted by atomic mass is 35.5. The standard InChI is InChI=1S/C37H38ClN9O5/c1-39-32(49)19-52-30-17-22-15-23(8-13-28(22)46(3)36(30)51)41-34-27(38)18-40-37(43-34)45(2)24-9-5-20(6-10-24)21-7-11-25-29(16-21)47(4)44-33(25)26-12-14-31(48)42-35(26)50/h5,7-8,11,13,15-18,24,26H,6,9-10,12,14,19H2,1-4H3,(H,39,49)(H,40,41,43)(H,42,48,50). The highest BCUT2D eigenvalue weighted by Crippen LogP contribution is 2.35. The lowest BCUT2D eigenvalue weighted by molar-refractivity contribution is -0.134. The number of hydrogen-bond donors (Lipinski definition) is 3. The summed E-state index contributed by atoms with van der Waals surface area (Å²) < 4.78 is 8.78. The molecule has 1 aliphatic heterocycles. The highest BCUT2D eigenvalue weighted by molar-refractivity contribution is 6.33. The summed E-state index contributed by atoms with van der Waals surface area (Å²) in [5.74, 6) is -0.277. The number of allylic oxidation sites excluding steroid dienone is 1. The number of aryl methyl sites for hydroxylation is 2. The second kappa shape index (κ2) is 14.1. The van der Waals surface area contributed by atoms with Gasteiger partial charge in [0.05, 0.1) is 28.8 Å². The average molecular weight is 724 g/mol. The smallest absolute Gasteiger partial charge is 0.293 e. The van der Waals surface area contributed by atoms with Crippen LogP contribution in [-0.2, 0) is 28.5 Å². The Morgan fingerprint density at radius 1 is 1.08 bits per heavy atom. The van der Waals surface area contributed by atoms with E-state index in [1.807, 2.05) is 43.0 Å². The van der Waals surface area contributed by atoms with E-state index in [2.05, 4.69) is 49.1 Å². The zero-order valence-corrected chi connectivity index (χ0v) is 30.0. The first-order valence-corrected chi connectivity index (χ1v) is 17.4. The van der Waals surface area contributed by atoms with Gasteiger partial charge in [0.1, 0.15) is 5.02 Å². The molecule has 0 bridgehead atoms. The molecule has 52 heavy (non-hydrogen) atoms. The molecule has 15 heteroatoms. The third-order valence-electron chi connectivity index (χ3n) is 9.89. The molecule has 1 aliphatic carbocycles.